The Balaban J connectivity index is 2.42. The van der Waals surface area contributed by atoms with Crippen molar-refractivity contribution in [2.45, 2.75) is 85.0 Å². The summed E-state index contributed by atoms with van der Waals surface area (Å²) in [5.74, 6) is -0.0208. The number of nitrogens with zero attached hydrogens (tertiary/aromatic N) is 2. The van der Waals surface area contributed by atoms with Gasteiger partial charge >= 0.3 is 6.09 Å². The van der Waals surface area contributed by atoms with Crippen LogP contribution in [0.3, 0.4) is 0 Å². The van der Waals surface area contributed by atoms with Gasteiger partial charge in [-0.2, -0.15) is 5.01 Å². The van der Waals surface area contributed by atoms with Crippen molar-refractivity contribution in [1.29, 1.82) is 0 Å². The van der Waals surface area contributed by atoms with E-state index < -0.39 is 20.0 Å². The number of fused-ring (bicyclic) bond motifs is 1. The average molecular weight is 473 g/mol. The Morgan fingerprint density at radius 2 is 1.73 bits per heavy atom. The Morgan fingerprint density at radius 1 is 1.09 bits per heavy atom. The highest BCUT2D eigenvalue weighted by molar-refractivity contribution is 6.74. The number of amides is 1. The van der Waals surface area contributed by atoms with Crippen LogP contribution in [-0.2, 0) is 20.4 Å². The van der Waals surface area contributed by atoms with E-state index in [-0.39, 0.29) is 23.8 Å². The molecule has 0 radical (unpaired) electrons. The topological polar surface area (TPSA) is 60.8 Å². The number of hydrogen-bond donors (Lipinski definition) is 0. The molecule has 0 bridgehead atoms. The molecular weight excluding hydrogens is 432 g/mol. The number of allylic oxidation sites excluding steroid dienone is 1. The summed E-state index contributed by atoms with van der Waals surface area (Å²) in [5.41, 5.74) is 0.898. The molecule has 1 aromatic carbocycles. The number of para-hydroxylation sites is 1. The molecule has 0 aliphatic rings. The number of carbonyl (C=O) groups is 2. The summed E-state index contributed by atoms with van der Waals surface area (Å²) in [5, 5.41) is 2.43. The van der Waals surface area contributed by atoms with Crippen LogP contribution in [0.25, 0.3) is 10.9 Å². The van der Waals surface area contributed by atoms with Gasteiger partial charge in [0.2, 0.25) is 0 Å². The molecule has 0 atom stereocenters. The Kier molecular flexibility index (Phi) is 8.35. The Bertz CT molecular complexity index is 1010. The Labute approximate surface area is 199 Å². The zero-order valence-electron chi connectivity index (χ0n) is 21.7. The fourth-order valence-corrected chi connectivity index (χ4v) is 3.99. The SMILES string of the molecule is CCC=CN(C(=O)OC(C)(C)C)n1c(CC(=O)CO[Si](C)(C)C(C)(C)C)cc2ccccc21. The van der Waals surface area contributed by atoms with Crippen molar-refractivity contribution in [1.82, 2.24) is 4.68 Å². The molecule has 0 fully saturated rings. The van der Waals surface area contributed by atoms with E-state index in [1.54, 1.807) is 10.9 Å². The highest BCUT2D eigenvalue weighted by atomic mass is 28.4. The van der Waals surface area contributed by atoms with E-state index in [1.165, 1.54) is 5.01 Å². The summed E-state index contributed by atoms with van der Waals surface area (Å²) in [6, 6.07) is 9.73. The first-order valence-corrected chi connectivity index (χ1v) is 14.5. The lowest BCUT2D eigenvalue weighted by molar-refractivity contribution is -0.120. The van der Waals surface area contributed by atoms with Crippen LogP contribution in [0.15, 0.2) is 42.6 Å². The van der Waals surface area contributed by atoms with Gasteiger partial charge in [0.25, 0.3) is 0 Å². The van der Waals surface area contributed by atoms with Gasteiger partial charge in [-0.1, -0.05) is 52.0 Å². The first kappa shape index (κ1) is 26.9. The predicted molar refractivity (Wildman–Crippen MR) is 138 cm³/mol. The van der Waals surface area contributed by atoms with Gasteiger partial charge in [-0.15, -0.1) is 0 Å². The number of ketones is 1. The van der Waals surface area contributed by atoms with Crippen LogP contribution < -0.4 is 5.01 Å². The standard InChI is InChI=1S/C26H40N2O4Si/c1-10-11-16-27(24(30)32-25(2,3)4)28-21(17-20-14-12-13-15-23(20)28)18-22(29)19-31-33(8,9)26(5,6)7/h11-17H,10,18-19H2,1-9H3. The number of ether oxygens (including phenoxy) is 1. The normalized spacial score (nSPS) is 13.0. The second-order valence-electron chi connectivity index (χ2n) is 10.9. The molecule has 33 heavy (non-hydrogen) atoms. The van der Waals surface area contributed by atoms with Gasteiger partial charge in [0.1, 0.15) is 5.60 Å². The molecule has 0 unspecified atom stereocenters. The molecule has 1 amide bonds. The van der Waals surface area contributed by atoms with Crippen molar-refractivity contribution in [2.75, 3.05) is 11.6 Å². The lowest BCUT2D eigenvalue weighted by Gasteiger charge is -2.35. The van der Waals surface area contributed by atoms with Crippen molar-refractivity contribution in [2.24, 2.45) is 0 Å². The van der Waals surface area contributed by atoms with Crippen LogP contribution in [0.2, 0.25) is 18.1 Å². The molecule has 0 saturated carbocycles. The summed E-state index contributed by atoms with van der Waals surface area (Å²) in [7, 11) is -2.04. The fraction of sp³-hybridized carbons (Fsp3) is 0.538. The number of hydrogen-bond acceptors (Lipinski definition) is 4. The lowest BCUT2D eigenvalue weighted by Crippen LogP contribution is -2.43. The van der Waals surface area contributed by atoms with Crippen LogP contribution in [0.4, 0.5) is 4.79 Å². The van der Waals surface area contributed by atoms with Gasteiger partial charge in [0.05, 0.1) is 18.5 Å². The first-order chi connectivity index (χ1) is 15.2. The highest BCUT2D eigenvalue weighted by Gasteiger charge is 2.37. The van der Waals surface area contributed by atoms with E-state index in [9.17, 15) is 9.59 Å². The minimum absolute atomic E-state index is 0.0208. The van der Waals surface area contributed by atoms with Gasteiger partial charge in [0.15, 0.2) is 14.1 Å². The molecular formula is C26H40N2O4Si. The summed E-state index contributed by atoms with van der Waals surface area (Å²) in [4.78, 5) is 26.1. The monoisotopic (exact) mass is 472 g/mol. The second-order valence-corrected chi connectivity index (χ2v) is 15.7. The maximum Gasteiger partial charge on any atom is 0.433 e. The second kappa shape index (κ2) is 10.3. The van der Waals surface area contributed by atoms with Gasteiger partial charge in [-0.05, 0) is 57.5 Å². The molecule has 1 heterocycles. The highest BCUT2D eigenvalue weighted by Crippen LogP contribution is 2.36. The fourth-order valence-electron chi connectivity index (χ4n) is 3.03. The summed E-state index contributed by atoms with van der Waals surface area (Å²) < 4.78 is 13.6. The van der Waals surface area contributed by atoms with E-state index in [1.807, 2.05) is 64.1 Å². The average Bonchev–Trinajstić information content (AvgIpc) is 3.02. The number of rotatable bonds is 8. The largest absolute Gasteiger partial charge is 0.442 e. The smallest absolute Gasteiger partial charge is 0.433 e. The summed E-state index contributed by atoms with van der Waals surface area (Å²) in [6.07, 6.45) is 4.01. The van der Waals surface area contributed by atoms with Crippen molar-refractivity contribution in [3.8, 4) is 0 Å². The molecule has 0 saturated heterocycles. The minimum atomic E-state index is -2.04. The van der Waals surface area contributed by atoms with E-state index in [0.717, 1.165) is 17.3 Å². The van der Waals surface area contributed by atoms with E-state index in [2.05, 4.69) is 33.9 Å². The number of Topliss-reactive ketones (excluding diaryl/α,β-unsaturated/α-hetero) is 1. The molecule has 0 N–H and O–H groups in total. The van der Waals surface area contributed by atoms with Crippen LogP contribution >= 0.6 is 0 Å². The number of carbonyl (C=O) groups excluding carboxylic acids is 2. The quantitative estimate of drug-likeness (QED) is 0.408. The molecule has 7 heteroatoms. The maximum atomic E-state index is 13.1. The third kappa shape index (κ3) is 7.05. The van der Waals surface area contributed by atoms with Crippen molar-refractivity contribution in [3.63, 3.8) is 0 Å². The molecule has 2 aromatic rings. The van der Waals surface area contributed by atoms with Crippen LogP contribution in [-0.4, -0.2) is 37.1 Å². The van der Waals surface area contributed by atoms with Crippen molar-refractivity contribution < 1.29 is 18.8 Å². The van der Waals surface area contributed by atoms with Crippen molar-refractivity contribution >= 4 is 31.1 Å². The zero-order valence-corrected chi connectivity index (χ0v) is 22.7. The minimum Gasteiger partial charge on any atom is -0.442 e. The van der Waals surface area contributed by atoms with Crippen LogP contribution in [0.1, 0.15) is 60.6 Å². The molecule has 6 nitrogen and oxygen atoms in total. The van der Waals surface area contributed by atoms with E-state index in [4.69, 9.17) is 9.16 Å². The van der Waals surface area contributed by atoms with E-state index >= 15 is 0 Å². The summed E-state index contributed by atoms with van der Waals surface area (Å²) >= 11 is 0. The Hall–Kier alpha value is -2.38. The van der Waals surface area contributed by atoms with Crippen molar-refractivity contribution in [3.05, 3.63) is 48.3 Å². The molecule has 1 aromatic heterocycles. The van der Waals surface area contributed by atoms with Crippen LogP contribution in [0.5, 0.6) is 0 Å². The van der Waals surface area contributed by atoms with Gasteiger partial charge in [-0.3, -0.25) is 4.79 Å². The van der Waals surface area contributed by atoms with Gasteiger partial charge < -0.3 is 9.16 Å². The summed E-state index contributed by atoms with van der Waals surface area (Å²) in [6.45, 7) is 18.3. The molecule has 182 valence electrons. The third-order valence-electron chi connectivity index (χ3n) is 5.82. The maximum absolute atomic E-state index is 13.1. The van der Waals surface area contributed by atoms with Gasteiger partial charge in [-0.25, -0.2) is 9.47 Å². The Morgan fingerprint density at radius 3 is 2.30 bits per heavy atom. The molecule has 2 rings (SSSR count). The number of benzene rings is 1. The first-order valence-electron chi connectivity index (χ1n) is 11.6. The number of aromatic nitrogens is 1. The molecule has 0 aliphatic carbocycles. The van der Waals surface area contributed by atoms with E-state index in [0.29, 0.717) is 5.69 Å². The predicted octanol–water partition coefficient (Wildman–Crippen LogP) is 6.57. The lowest BCUT2D eigenvalue weighted by atomic mass is 10.2. The molecule has 0 spiro atoms. The van der Waals surface area contributed by atoms with Crippen LogP contribution in [0, 0.1) is 0 Å². The van der Waals surface area contributed by atoms with Gasteiger partial charge in [0, 0.05) is 17.3 Å². The third-order valence-corrected chi connectivity index (χ3v) is 10.3. The molecule has 0 aliphatic heterocycles. The zero-order chi connectivity index (χ0) is 25.0.